The summed E-state index contributed by atoms with van der Waals surface area (Å²) in [5.74, 6) is 3.53. The molecule has 1 heterocycles. The summed E-state index contributed by atoms with van der Waals surface area (Å²) >= 11 is 3.91. The van der Waals surface area contributed by atoms with E-state index in [0.29, 0.717) is 5.25 Å². The first-order chi connectivity index (χ1) is 7.41. The van der Waals surface area contributed by atoms with Crippen LogP contribution in [0.1, 0.15) is 20.8 Å². The molecule has 16 heavy (non-hydrogen) atoms. The second-order valence-corrected chi connectivity index (χ2v) is 7.71. The van der Waals surface area contributed by atoms with Crippen LogP contribution < -0.4 is 11.1 Å². The lowest BCUT2D eigenvalue weighted by Crippen LogP contribution is -2.50. The van der Waals surface area contributed by atoms with E-state index in [0.717, 1.165) is 12.3 Å². The Kier molecular flexibility index (Phi) is 5.47. The summed E-state index contributed by atoms with van der Waals surface area (Å²) in [7, 11) is 0. The fourth-order valence-corrected chi connectivity index (χ4v) is 3.98. The van der Waals surface area contributed by atoms with Crippen molar-refractivity contribution in [3.05, 3.63) is 0 Å². The highest BCUT2D eigenvalue weighted by Gasteiger charge is 2.27. The SMILES string of the molecule is CC(C)(C)[C@H](N)C(=O)NCC1CSCCS1. The molecule has 3 nitrogen and oxygen atoms in total. The van der Waals surface area contributed by atoms with Gasteiger partial charge in [-0.1, -0.05) is 20.8 Å². The maximum Gasteiger partial charge on any atom is 0.237 e. The lowest BCUT2D eigenvalue weighted by Gasteiger charge is -2.27. The van der Waals surface area contributed by atoms with Gasteiger partial charge in [0.1, 0.15) is 0 Å². The molecule has 1 rings (SSSR count). The zero-order valence-corrected chi connectivity index (χ0v) is 11.9. The molecule has 0 aromatic rings. The van der Waals surface area contributed by atoms with Crippen molar-refractivity contribution in [2.24, 2.45) is 11.1 Å². The van der Waals surface area contributed by atoms with Gasteiger partial charge in [0.2, 0.25) is 5.91 Å². The van der Waals surface area contributed by atoms with Gasteiger partial charge in [-0.15, -0.1) is 0 Å². The van der Waals surface area contributed by atoms with Gasteiger partial charge in [0, 0.05) is 29.1 Å². The van der Waals surface area contributed by atoms with E-state index >= 15 is 0 Å². The lowest BCUT2D eigenvalue weighted by molar-refractivity contribution is -0.124. The average Bonchev–Trinajstić information content (AvgIpc) is 2.25. The van der Waals surface area contributed by atoms with Gasteiger partial charge in [-0.2, -0.15) is 23.5 Å². The Morgan fingerprint density at radius 1 is 1.50 bits per heavy atom. The third-order valence-electron chi connectivity index (χ3n) is 2.60. The highest BCUT2D eigenvalue weighted by Crippen LogP contribution is 2.23. The number of rotatable bonds is 3. The fraction of sp³-hybridized carbons (Fsp3) is 0.909. The van der Waals surface area contributed by atoms with Gasteiger partial charge in [-0.05, 0) is 5.41 Å². The van der Waals surface area contributed by atoms with Gasteiger partial charge in [0.15, 0.2) is 0 Å². The van der Waals surface area contributed by atoms with Crippen LogP contribution in [0.25, 0.3) is 0 Å². The molecular formula is C11H22N2OS2. The van der Waals surface area contributed by atoms with Gasteiger partial charge in [0.05, 0.1) is 6.04 Å². The second kappa shape index (κ2) is 6.17. The number of nitrogens with one attached hydrogen (secondary N) is 1. The number of nitrogens with two attached hydrogens (primary N) is 1. The summed E-state index contributed by atoms with van der Waals surface area (Å²) < 4.78 is 0. The van der Waals surface area contributed by atoms with Crippen molar-refractivity contribution >= 4 is 29.4 Å². The predicted molar refractivity (Wildman–Crippen MR) is 74.0 cm³/mol. The molecule has 3 N–H and O–H groups in total. The molecule has 1 unspecified atom stereocenters. The largest absolute Gasteiger partial charge is 0.354 e. The summed E-state index contributed by atoms with van der Waals surface area (Å²) in [6.07, 6.45) is 0. The van der Waals surface area contributed by atoms with E-state index in [1.165, 1.54) is 11.5 Å². The highest BCUT2D eigenvalue weighted by molar-refractivity contribution is 8.06. The third kappa shape index (κ3) is 4.55. The van der Waals surface area contributed by atoms with Crippen molar-refractivity contribution in [3.8, 4) is 0 Å². The van der Waals surface area contributed by atoms with Crippen molar-refractivity contribution in [3.63, 3.8) is 0 Å². The molecule has 0 spiro atoms. The van der Waals surface area contributed by atoms with Crippen LogP contribution in [-0.2, 0) is 4.79 Å². The first kappa shape index (κ1) is 14.2. The molecule has 1 fully saturated rings. The van der Waals surface area contributed by atoms with Crippen LogP contribution in [0.3, 0.4) is 0 Å². The second-order valence-electron chi connectivity index (χ2n) is 5.16. The predicted octanol–water partition coefficient (Wildman–Crippen LogP) is 1.32. The van der Waals surface area contributed by atoms with E-state index in [1.807, 2.05) is 44.3 Å². The molecule has 1 amide bonds. The highest BCUT2D eigenvalue weighted by atomic mass is 32.2. The summed E-state index contributed by atoms with van der Waals surface area (Å²) in [5.41, 5.74) is 5.72. The van der Waals surface area contributed by atoms with Gasteiger partial charge >= 0.3 is 0 Å². The van der Waals surface area contributed by atoms with Crippen LogP contribution in [0.15, 0.2) is 0 Å². The van der Waals surface area contributed by atoms with E-state index in [9.17, 15) is 4.79 Å². The van der Waals surface area contributed by atoms with E-state index in [4.69, 9.17) is 5.73 Å². The minimum Gasteiger partial charge on any atom is -0.354 e. The first-order valence-electron chi connectivity index (χ1n) is 5.64. The maximum atomic E-state index is 11.8. The molecule has 0 saturated carbocycles. The van der Waals surface area contributed by atoms with Crippen molar-refractivity contribution in [2.45, 2.75) is 32.1 Å². The molecular weight excluding hydrogens is 240 g/mol. The Labute approximate surface area is 107 Å². The minimum atomic E-state index is -0.422. The van der Waals surface area contributed by atoms with Crippen molar-refractivity contribution in [1.29, 1.82) is 0 Å². The minimum absolute atomic E-state index is 0.0244. The standard InChI is InChI=1S/C11H22N2OS2/c1-11(2,3)9(12)10(14)13-6-8-7-15-4-5-16-8/h8-9H,4-7,12H2,1-3H3,(H,13,14)/t8?,9-/m1/s1. The molecule has 0 radical (unpaired) electrons. The van der Waals surface area contributed by atoms with Crippen LogP contribution in [0, 0.1) is 5.41 Å². The van der Waals surface area contributed by atoms with Crippen LogP contribution in [0.4, 0.5) is 0 Å². The Bertz CT molecular complexity index is 235. The zero-order chi connectivity index (χ0) is 12.2. The van der Waals surface area contributed by atoms with E-state index in [2.05, 4.69) is 5.32 Å². The third-order valence-corrected chi connectivity index (χ3v) is 5.45. The Hall–Kier alpha value is 0.130. The molecule has 1 aliphatic rings. The maximum absolute atomic E-state index is 11.8. The van der Waals surface area contributed by atoms with Gasteiger partial charge in [-0.3, -0.25) is 4.79 Å². The van der Waals surface area contributed by atoms with Crippen molar-refractivity contribution < 1.29 is 4.79 Å². The number of carbonyl (C=O) groups is 1. The number of hydrogen-bond donors (Lipinski definition) is 2. The van der Waals surface area contributed by atoms with Crippen LogP contribution in [-0.4, -0.2) is 41.0 Å². The van der Waals surface area contributed by atoms with E-state index in [-0.39, 0.29) is 11.3 Å². The van der Waals surface area contributed by atoms with Crippen molar-refractivity contribution in [1.82, 2.24) is 5.32 Å². The van der Waals surface area contributed by atoms with Crippen LogP contribution in [0.5, 0.6) is 0 Å². The molecule has 0 aromatic heterocycles. The number of amides is 1. The smallest absolute Gasteiger partial charge is 0.237 e. The summed E-state index contributed by atoms with van der Waals surface area (Å²) in [6.45, 7) is 6.72. The molecule has 1 saturated heterocycles. The quantitative estimate of drug-likeness (QED) is 0.805. The van der Waals surface area contributed by atoms with Gasteiger partial charge in [0.25, 0.3) is 0 Å². The molecule has 2 atom stereocenters. The Balaban J connectivity index is 2.29. The molecule has 0 bridgehead atoms. The lowest BCUT2D eigenvalue weighted by atomic mass is 9.87. The average molecular weight is 262 g/mol. The molecule has 0 aromatic carbocycles. The number of thioether (sulfide) groups is 2. The molecule has 0 aliphatic carbocycles. The Morgan fingerprint density at radius 2 is 2.19 bits per heavy atom. The zero-order valence-electron chi connectivity index (χ0n) is 10.3. The summed E-state index contributed by atoms with van der Waals surface area (Å²) in [5, 5.41) is 3.51. The van der Waals surface area contributed by atoms with Gasteiger partial charge in [-0.25, -0.2) is 0 Å². The molecule has 5 heteroatoms. The number of hydrogen-bond acceptors (Lipinski definition) is 4. The van der Waals surface area contributed by atoms with Crippen LogP contribution >= 0.6 is 23.5 Å². The number of carbonyl (C=O) groups excluding carboxylic acids is 1. The van der Waals surface area contributed by atoms with Crippen LogP contribution in [0.2, 0.25) is 0 Å². The van der Waals surface area contributed by atoms with E-state index in [1.54, 1.807) is 0 Å². The first-order valence-corrected chi connectivity index (χ1v) is 7.84. The molecule has 1 aliphatic heterocycles. The van der Waals surface area contributed by atoms with E-state index < -0.39 is 6.04 Å². The monoisotopic (exact) mass is 262 g/mol. The topological polar surface area (TPSA) is 55.1 Å². The van der Waals surface area contributed by atoms with Crippen molar-refractivity contribution in [2.75, 3.05) is 23.8 Å². The normalized spacial score (nSPS) is 23.9. The van der Waals surface area contributed by atoms with Gasteiger partial charge < -0.3 is 11.1 Å². The fourth-order valence-electron chi connectivity index (χ4n) is 1.37. The summed E-state index contributed by atoms with van der Waals surface area (Å²) in [6, 6.07) is -0.422. The summed E-state index contributed by atoms with van der Waals surface area (Å²) in [4.78, 5) is 11.8. The molecule has 94 valence electrons. The Morgan fingerprint density at radius 3 is 2.69 bits per heavy atom.